The average molecular weight is 404 g/mol. The molecule has 1 N–H and O–H groups in total. The minimum Gasteiger partial charge on any atom is -0.467 e. The molecular weight excluding hydrogens is 366 g/mol. The summed E-state index contributed by atoms with van der Waals surface area (Å²) in [5.74, 6) is 5.00. The van der Waals surface area contributed by atoms with Crippen molar-refractivity contribution in [2.75, 3.05) is 7.11 Å². The predicted octanol–water partition coefficient (Wildman–Crippen LogP) is 4.30. The molecule has 4 bridgehead atoms. The molecule has 0 unspecified atom stereocenters. The van der Waals surface area contributed by atoms with Crippen molar-refractivity contribution in [2.45, 2.75) is 89.9 Å². The zero-order valence-corrected chi connectivity index (χ0v) is 19.5. The number of methoxy groups -OCH3 is 1. The van der Waals surface area contributed by atoms with Gasteiger partial charge in [-0.15, -0.1) is 11.5 Å². The number of hydrogen-bond acceptors (Lipinski definition) is 3. The maximum atomic E-state index is 13.3. The van der Waals surface area contributed by atoms with E-state index >= 15 is 0 Å². The van der Waals surface area contributed by atoms with Gasteiger partial charge in [-0.1, -0.05) is 33.9 Å². The van der Waals surface area contributed by atoms with Gasteiger partial charge in [0.2, 0.25) is 5.91 Å². The first-order valence-electron chi connectivity index (χ1n) is 10.8. The molecule has 4 aliphatic carbocycles. The Morgan fingerprint density at radius 3 is 2.04 bits per heavy atom. The van der Waals surface area contributed by atoms with Gasteiger partial charge in [-0.25, -0.2) is 4.79 Å². The van der Waals surface area contributed by atoms with Crippen molar-refractivity contribution < 1.29 is 14.3 Å². The Balaban J connectivity index is 1.70. The molecule has 4 rings (SSSR count). The van der Waals surface area contributed by atoms with E-state index in [1.54, 1.807) is 0 Å². The van der Waals surface area contributed by atoms with Gasteiger partial charge in [0.25, 0.3) is 0 Å². The second-order valence-corrected chi connectivity index (χ2v) is 16.1. The van der Waals surface area contributed by atoms with Gasteiger partial charge >= 0.3 is 5.97 Å². The van der Waals surface area contributed by atoms with Crippen LogP contribution in [0.25, 0.3) is 0 Å². The molecule has 4 nitrogen and oxygen atoms in total. The molecule has 0 aromatic heterocycles. The summed E-state index contributed by atoms with van der Waals surface area (Å²) in [6.45, 7) is 11.2. The average Bonchev–Trinajstić information content (AvgIpc) is 2.57. The van der Waals surface area contributed by atoms with Crippen molar-refractivity contribution in [2.24, 2.45) is 23.2 Å². The van der Waals surface area contributed by atoms with Crippen LogP contribution in [0.1, 0.15) is 65.7 Å². The quantitative estimate of drug-likeness (QED) is 0.432. The minimum atomic E-state index is -1.74. The van der Waals surface area contributed by atoms with E-state index in [1.807, 2.05) is 0 Å². The number of rotatable bonds is 4. The van der Waals surface area contributed by atoms with Gasteiger partial charge < -0.3 is 10.1 Å². The maximum absolute atomic E-state index is 13.3. The molecule has 0 saturated heterocycles. The third-order valence-corrected chi connectivity index (χ3v) is 12.4. The van der Waals surface area contributed by atoms with Crippen LogP contribution in [0.4, 0.5) is 0 Å². The number of ether oxygens (including phenoxy) is 1. The lowest BCUT2D eigenvalue weighted by Gasteiger charge is -2.55. The number of carbonyl (C=O) groups excluding carboxylic acids is 2. The van der Waals surface area contributed by atoms with E-state index in [-0.39, 0.29) is 22.3 Å². The van der Waals surface area contributed by atoms with Gasteiger partial charge in [-0.3, -0.25) is 4.79 Å². The topological polar surface area (TPSA) is 55.4 Å². The van der Waals surface area contributed by atoms with E-state index < -0.39 is 14.1 Å². The SMILES string of the molecule is COC(=O)[C@H](CC#C[Si](C)(C)C(C)(C)C)NC(=O)C12CC3CC(CC(C3)C1)C2. The molecule has 28 heavy (non-hydrogen) atoms. The molecule has 0 radical (unpaired) electrons. The lowest BCUT2D eigenvalue weighted by Crippen LogP contribution is -2.56. The van der Waals surface area contributed by atoms with Crippen LogP contribution in [0.15, 0.2) is 0 Å². The zero-order chi connectivity index (χ0) is 20.7. The first kappa shape index (κ1) is 21.4. The molecule has 5 heteroatoms. The van der Waals surface area contributed by atoms with Crippen LogP contribution in [-0.2, 0) is 14.3 Å². The highest BCUT2D eigenvalue weighted by Crippen LogP contribution is 2.60. The zero-order valence-electron chi connectivity index (χ0n) is 18.5. The Bertz CT molecular complexity index is 660. The van der Waals surface area contributed by atoms with E-state index in [0.717, 1.165) is 19.3 Å². The minimum absolute atomic E-state index is 0.0659. The molecule has 0 aliphatic heterocycles. The molecule has 4 fully saturated rings. The fourth-order valence-electron chi connectivity index (χ4n) is 5.60. The first-order valence-corrected chi connectivity index (χ1v) is 13.8. The second-order valence-electron chi connectivity index (χ2n) is 11.1. The third kappa shape index (κ3) is 4.17. The fourth-order valence-corrected chi connectivity index (χ4v) is 6.52. The molecule has 0 spiro atoms. The van der Waals surface area contributed by atoms with Crippen molar-refractivity contribution in [1.82, 2.24) is 5.32 Å². The van der Waals surface area contributed by atoms with Crippen LogP contribution in [0, 0.1) is 34.6 Å². The summed E-state index contributed by atoms with van der Waals surface area (Å²) in [4.78, 5) is 25.6. The standard InChI is InChI=1S/C23H37NO3Si/c1-22(2,3)28(5,6)9-7-8-19(20(25)27-4)24-21(26)23-13-16-10-17(14-23)12-18(11-16)15-23/h16-19H,8,10-15H2,1-6H3,(H,24,26)/t16?,17?,18?,19-,23?/m0/s1. The fraction of sp³-hybridized carbons (Fsp3) is 0.826. The van der Waals surface area contributed by atoms with E-state index in [4.69, 9.17) is 4.74 Å². The summed E-state index contributed by atoms with van der Waals surface area (Å²) < 4.78 is 4.97. The van der Waals surface area contributed by atoms with Crippen molar-refractivity contribution in [3.05, 3.63) is 0 Å². The van der Waals surface area contributed by atoms with E-state index in [0.29, 0.717) is 24.2 Å². The molecule has 0 heterocycles. The highest BCUT2D eigenvalue weighted by molar-refractivity contribution is 6.87. The lowest BCUT2D eigenvalue weighted by atomic mass is 9.49. The van der Waals surface area contributed by atoms with Gasteiger partial charge in [0.05, 0.1) is 7.11 Å². The Kier molecular flexibility index (Phi) is 5.75. The normalized spacial score (nSPS) is 32.3. The van der Waals surface area contributed by atoms with Gasteiger partial charge in [0, 0.05) is 11.8 Å². The summed E-state index contributed by atoms with van der Waals surface area (Å²) in [6, 6.07) is -0.664. The monoisotopic (exact) mass is 403 g/mol. The summed E-state index contributed by atoms with van der Waals surface area (Å²) in [6.07, 6.45) is 7.20. The number of esters is 1. The molecule has 1 amide bonds. The third-order valence-electron chi connectivity index (χ3n) is 7.89. The Labute approximate surface area is 171 Å². The van der Waals surface area contributed by atoms with Crippen LogP contribution in [-0.4, -0.2) is 33.1 Å². The van der Waals surface area contributed by atoms with E-state index in [9.17, 15) is 9.59 Å². The van der Waals surface area contributed by atoms with Crippen molar-refractivity contribution >= 4 is 20.0 Å². The first-order chi connectivity index (χ1) is 13.0. The second kappa shape index (κ2) is 7.52. The Hall–Kier alpha value is -1.28. The maximum Gasteiger partial charge on any atom is 0.329 e. The van der Waals surface area contributed by atoms with Gasteiger partial charge in [0.1, 0.15) is 14.1 Å². The molecule has 4 saturated carbocycles. The highest BCUT2D eigenvalue weighted by Gasteiger charge is 2.55. The Morgan fingerprint density at radius 1 is 1.11 bits per heavy atom. The van der Waals surface area contributed by atoms with Crippen LogP contribution in [0.3, 0.4) is 0 Å². The van der Waals surface area contributed by atoms with Crippen LogP contribution >= 0.6 is 0 Å². The van der Waals surface area contributed by atoms with Crippen LogP contribution in [0.5, 0.6) is 0 Å². The molecule has 0 aromatic carbocycles. The van der Waals surface area contributed by atoms with E-state index in [2.05, 4.69) is 50.6 Å². The molecule has 156 valence electrons. The molecule has 1 atom stereocenters. The largest absolute Gasteiger partial charge is 0.467 e. The van der Waals surface area contributed by atoms with Gasteiger partial charge in [0.15, 0.2) is 0 Å². The molecular formula is C23H37NO3Si. The summed E-state index contributed by atoms with van der Waals surface area (Å²) >= 11 is 0. The van der Waals surface area contributed by atoms with E-state index in [1.165, 1.54) is 26.4 Å². The molecule has 0 aromatic rings. The van der Waals surface area contributed by atoms with Crippen LogP contribution < -0.4 is 5.32 Å². The number of hydrogen-bond donors (Lipinski definition) is 1. The molecule has 4 aliphatic rings. The Morgan fingerprint density at radius 2 is 1.61 bits per heavy atom. The lowest BCUT2D eigenvalue weighted by molar-refractivity contribution is -0.152. The summed E-state index contributed by atoms with van der Waals surface area (Å²) in [5, 5.41) is 3.22. The summed E-state index contributed by atoms with van der Waals surface area (Å²) in [5.41, 5.74) is 3.19. The van der Waals surface area contributed by atoms with Gasteiger partial charge in [-0.2, -0.15) is 0 Å². The summed E-state index contributed by atoms with van der Waals surface area (Å²) in [7, 11) is -0.357. The van der Waals surface area contributed by atoms with Crippen LogP contribution in [0.2, 0.25) is 18.1 Å². The number of carbonyl (C=O) groups is 2. The van der Waals surface area contributed by atoms with Crippen molar-refractivity contribution in [3.63, 3.8) is 0 Å². The number of amides is 1. The van der Waals surface area contributed by atoms with Gasteiger partial charge in [-0.05, 0) is 61.3 Å². The smallest absolute Gasteiger partial charge is 0.329 e. The highest BCUT2D eigenvalue weighted by atomic mass is 28.3. The van der Waals surface area contributed by atoms with Crippen molar-refractivity contribution in [1.29, 1.82) is 0 Å². The predicted molar refractivity (Wildman–Crippen MR) is 114 cm³/mol. The number of nitrogens with one attached hydrogen (secondary N) is 1. The van der Waals surface area contributed by atoms with Crippen molar-refractivity contribution in [3.8, 4) is 11.5 Å².